The van der Waals surface area contributed by atoms with Gasteiger partial charge < -0.3 is 14.7 Å². The lowest BCUT2D eigenvalue weighted by molar-refractivity contribution is -0.136. The summed E-state index contributed by atoms with van der Waals surface area (Å²) in [6, 6.07) is 9.28. The standard InChI is InChI=1S/C21H26N4O3/c26-19(22-15-8-2-1-3-9-15)14-18-23-20(28-24-18)16-10-4-5-11-17(16)21(27)25-12-6-7-13-25/h1-3,8-9,16-17H,4-7,10-14H2,(H,22,26)/t16-,17+/m0/s1. The highest BCUT2D eigenvalue weighted by Crippen LogP contribution is 2.38. The lowest BCUT2D eigenvalue weighted by Crippen LogP contribution is -2.38. The van der Waals surface area contributed by atoms with Crippen LogP contribution in [0.25, 0.3) is 0 Å². The van der Waals surface area contributed by atoms with Crippen LogP contribution in [-0.4, -0.2) is 39.9 Å². The van der Waals surface area contributed by atoms with Crippen molar-refractivity contribution in [1.82, 2.24) is 15.0 Å². The molecular formula is C21H26N4O3. The molecule has 0 bridgehead atoms. The lowest BCUT2D eigenvalue weighted by atomic mass is 9.78. The zero-order chi connectivity index (χ0) is 19.3. The van der Waals surface area contributed by atoms with Gasteiger partial charge in [-0.25, -0.2) is 0 Å². The van der Waals surface area contributed by atoms with Crippen LogP contribution in [-0.2, 0) is 16.0 Å². The SMILES string of the molecule is O=C(Cc1noc([C@H]2CCCC[C@H]2C(=O)N2CCCC2)n1)Nc1ccccc1. The van der Waals surface area contributed by atoms with Gasteiger partial charge in [0.25, 0.3) is 0 Å². The number of hydrogen-bond acceptors (Lipinski definition) is 5. The lowest BCUT2D eigenvalue weighted by Gasteiger charge is -2.31. The van der Waals surface area contributed by atoms with Gasteiger partial charge in [-0.2, -0.15) is 4.98 Å². The van der Waals surface area contributed by atoms with Crippen molar-refractivity contribution in [2.75, 3.05) is 18.4 Å². The molecule has 1 saturated carbocycles. The quantitative estimate of drug-likeness (QED) is 0.858. The highest BCUT2D eigenvalue weighted by molar-refractivity contribution is 5.91. The fraction of sp³-hybridized carbons (Fsp3) is 0.524. The van der Waals surface area contributed by atoms with E-state index in [2.05, 4.69) is 15.5 Å². The van der Waals surface area contributed by atoms with Crippen molar-refractivity contribution in [3.05, 3.63) is 42.0 Å². The molecule has 0 radical (unpaired) electrons. The van der Waals surface area contributed by atoms with E-state index in [0.717, 1.165) is 57.3 Å². The summed E-state index contributed by atoms with van der Waals surface area (Å²) in [4.78, 5) is 31.6. The Morgan fingerprint density at radius 1 is 1.07 bits per heavy atom. The van der Waals surface area contributed by atoms with E-state index in [4.69, 9.17) is 4.52 Å². The van der Waals surface area contributed by atoms with Crippen molar-refractivity contribution in [2.45, 2.75) is 50.9 Å². The summed E-state index contributed by atoms with van der Waals surface area (Å²) in [5.41, 5.74) is 0.736. The Bertz CT molecular complexity index is 814. The van der Waals surface area contributed by atoms with Crippen LogP contribution in [0, 0.1) is 5.92 Å². The van der Waals surface area contributed by atoms with E-state index in [1.807, 2.05) is 35.2 Å². The van der Waals surface area contributed by atoms with Gasteiger partial charge in [-0.15, -0.1) is 0 Å². The minimum atomic E-state index is -0.188. The maximum atomic E-state index is 12.9. The number of benzene rings is 1. The molecule has 1 aromatic heterocycles. The Hall–Kier alpha value is -2.70. The molecule has 2 heterocycles. The molecule has 2 aliphatic rings. The Morgan fingerprint density at radius 2 is 1.82 bits per heavy atom. The molecule has 1 aliphatic heterocycles. The minimum Gasteiger partial charge on any atom is -0.342 e. The first-order valence-electron chi connectivity index (χ1n) is 10.2. The topological polar surface area (TPSA) is 88.3 Å². The second-order valence-corrected chi connectivity index (χ2v) is 7.67. The van der Waals surface area contributed by atoms with E-state index in [1.54, 1.807) is 0 Å². The van der Waals surface area contributed by atoms with Crippen LogP contribution in [0.2, 0.25) is 0 Å². The second kappa shape index (κ2) is 8.54. The van der Waals surface area contributed by atoms with Gasteiger partial charge in [-0.3, -0.25) is 9.59 Å². The largest absolute Gasteiger partial charge is 0.342 e. The maximum Gasteiger partial charge on any atom is 0.232 e. The molecule has 1 aromatic carbocycles. The maximum absolute atomic E-state index is 12.9. The van der Waals surface area contributed by atoms with E-state index in [1.165, 1.54) is 0 Å². The van der Waals surface area contributed by atoms with Crippen LogP contribution in [0.5, 0.6) is 0 Å². The third kappa shape index (κ3) is 4.24. The summed E-state index contributed by atoms with van der Waals surface area (Å²) in [5, 5.41) is 6.81. The van der Waals surface area contributed by atoms with Gasteiger partial charge in [0.05, 0.1) is 12.3 Å². The fourth-order valence-electron chi connectivity index (χ4n) is 4.25. The summed E-state index contributed by atoms with van der Waals surface area (Å²) in [6.45, 7) is 1.72. The van der Waals surface area contributed by atoms with E-state index in [0.29, 0.717) is 11.7 Å². The van der Waals surface area contributed by atoms with Gasteiger partial charge in [0.1, 0.15) is 0 Å². The summed E-state index contributed by atoms with van der Waals surface area (Å²) in [5.74, 6) is 0.773. The van der Waals surface area contributed by atoms with Crippen LogP contribution >= 0.6 is 0 Å². The highest BCUT2D eigenvalue weighted by atomic mass is 16.5. The molecule has 2 aromatic rings. The molecule has 0 unspecified atom stereocenters. The minimum absolute atomic E-state index is 0.0414. The number of carbonyl (C=O) groups is 2. The molecule has 2 amide bonds. The van der Waals surface area contributed by atoms with Crippen LogP contribution in [0.15, 0.2) is 34.9 Å². The summed E-state index contributed by atoms with van der Waals surface area (Å²) >= 11 is 0. The van der Waals surface area contributed by atoms with Crippen molar-refractivity contribution in [3.8, 4) is 0 Å². The number of amides is 2. The number of nitrogens with one attached hydrogen (secondary N) is 1. The molecule has 1 saturated heterocycles. The number of likely N-dealkylation sites (tertiary alicyclic amines) is 1. The van der Waals surface area contributed by atoms with Crippen LogP contribution in [0.4, 0.5) is 5.69 Å². The van der Waals surface area contributed by atoms with Crippen molar-refractivity contribution in [1.29, 1.82) is 0 Å². The zero-order valence-electron chi connectivity index (χ0n) is 16.0. The second-order valence-electron chi connectivity index (χ2n) is 7.67. The van der Waals surface area contributed by atoms with Gasteiger partial charge in [-0.05, 0) is 37.8 Å². The number of aromatic nitrogens is 2. The molecular weight excluding hydrogens is 356 g/mol. The van der Waals surface area contributed by atoms with Gasteiger partial charge in [0, 0.05) is 24.7 Å². The molecule has 0 spiro atoms. The van der Waals surface area contributed by atoms with Gasteiger partial charge >= 0.3 is 0 Å². The Morgan fingerprint density at radius 3 is 2.61 bits per heavy atom. The van der Waals surface area contributed by atoms with Gasteiger partial charge in [-0.1, -0.05) is 36.2 Å². The van der Waals surface area contributed by atoms with Crippen molar-refractivity contribution < 1.29 is 14.1 Å². The van der Waals surface area contributed by atoms with E-state index in [-0.39, 0.29) is 30.1 Å². The molecule has 2 atom stereocenters. The van der Waals surface area contributed by atoms with E-state index < -0.39 is 0 Å². The van der Waals surface area contributed by atoms with Gasteiger partial charge in [0.15, 0.2) is 5.82 Å². The third-order valence-corrected chi connectivity index (χ3v) is 5.68. The Kier molecular flexibility index (Phi) is 5.69. The first-order valence-corrected chi connectivity index (χ1v) is 10.2. The molecule has 7 heteroatoms. The molecule has 7 nitrogen and oxygen atoms in total. The molecule has 28 heavy (non-hydrogen) atoms. The first kappa shape index (κ1) is 18.7. The number of anilines is 1. The average molecular weight is 382 g/mol. The number of para-hydroxylation sites is 1. The Labute approximate surface area is 164 Å². The predicted octanol–water partition coefficient (Wildman–Crippen LogP) is 3.15. The van der Waals surface area contributed by atoms with Crippen molar-refractivity contribution in [3.63, 3.8) is 0 Å². The summed E-state index contributed by atoms with van der Waals surface area (Å²) in [6.07, 6.45) is 6.08. The van der Waals surface area contributed by atoms with Crippen LogP contribution in [0.1, 0.15) is 56.2 Å². The molecule has 148 valence electrons. The average Bonchev–Trinajstić information content (AvgIpc) is 3.40. The van der Waals surface area contributed by atoms with Crippen LogP contribution < -0.4 is 5.32 Å². The first-order chi connectivity index (χ1) is 13.7. The molecule has 1 N–H and O–H groups in total. The van der Waals surface area contributed by atoms with E-state index in [9.17, 15) is 9.59 Å². The van der Waals surface area contributed by atoms with Crippen molar-refractivity contribution >= 4 is 17.5 Å². The van der Waals surface area contributed by atoms with Crippen LogP contribution in [0.3, 0.4) is 0 Å². The molecule has 2 fully saturated rings. The predicted molar refractivity (Wildman–Crippen MR) is 104 cm³/mol. The van der Waals surface area contributed by atoms with E-state index >= 15 is 0 Å². The monoisotopic (exact) mass is 382 g/mol. The van der Waals surface area contributed by atoms with Crippen molar-refractivity contribution in [2.24, 2.45) is 5.92 Å². The number of hydrogen-bond donors (Lipinski definition) is 1. The number of rotatable bonds is 5. The van der Waals surface area contributed by atoms with Gasteiger partial charge in [0.2, 0.25) is 17.7 Å². The normalized spacial score (nSPS) is 22.2. The smallest absolute Gasteiger partial charge is 0.232 e. The molecule has 4 rings (SSSR count). The fourth-order valence-corrected chi connectivity index (χ4v) is 4.25. The Balaban J connectivity index is 1.41. The number of nitrogens with zero attached hydrogens (tertiary/aromatic N) is 3. The summed E-state index contributed by atoms with van der Waals surface area (Å²) in [7, 11) is 0. The molecule has 1 aliphatic carbocycles. The zero-order valence-corrected chi connectivity index (χ0v) is 16.0. The third-order valence-electron chi connectivity index (χ3n) is 5.68. The highest BCUT2D eigenvalue weighted by Gasteiger charge is 2.38. The number of carbonyl (C=O) groups excluding carboxylic acids is 2. The summed E-state index contributed by atoms with van der Waals surface area (Å²) < 4.78 is 5.49.